The fourth-order valence-electron chi connectivity index (χ4n) is 1.62. The van der Waals surface area contributed by atoms with E-state index in [2.05, 4.69) is 11.9 Å². The average Bonchev–Trinajstić information content (AvgIpc) is 2.37. The Morgan fingerprint density at radius 1 is 1.55 bits per heavy atom. The molecule has 0 heterocycles. The summed E-state index contributed by atoms with van der Waals surface area (Å²) in [5, 5.41) is 12.5. The van der Waals surface area contributed by atoms with Crippen molar-refractivity contribution in [3.8, 4) is 0 Å². The van der Waals surface area contributed by atoms with Crippen LogP contribution in [0.2, 0.25) is 0 Å². The van der Waals surface area contributed by atoms with Crippen molar-refractivity contribution in [3.05, 3.63) is 12.7 Å². The van der Waals surface area contributed by atoms with Crippen LogP contribution in [0.3, 0.4) is 0 Å². The highest BCUT2D eigenvalue weighted by Gasteiger charge is 2.21. The topological polar surface area (TPSA) is 32.3 Å². The molecular weight excluding hydrogens is 138 g/mol. The van der Waals surface area contributed by atoms with E-state index in [1.165, 1.54) is 6.42 Å². The zero-order valence-corrected chi connectivity index (χ0v) is 6.92. The van der Waals surface area contributed by atoms with E-state index < -0.39 is 0 Å². The van der Waals surface area contributed by atoms with Crippen molar-refractivity contribution in [2.75, 3.05) is 13.1 Å². The molecule has 0 bridgehead atoms. The van der Waals surface area contributed by atoms with Gasteiger partial charge in [-0.25, -0.2) is 0 Å². The van der Waals surface area contributed by atoms with Gasteiger partial charge in [0.25, 0.3) is 0 Å². The lowest BCUT2D eigenvalue weighted by Crippen LogP contribution is -2.21. The van der Waals surface area contributed by atoms with E-state index in [-0.39, 0.29) is 6.10 Å². The van der Waals surface area contributed by atoms with Gasteiger partial charge in [0.2, 0.25) is 0 Å². The molecule has 1 saturated carbocycles. The van der Waals surface area contributed by atoms with Crippen molar-refractivity contribution in [2.45, 2.75) is 25.4 Å². The lowest BCUT2D eigenvalue weighted by molar-refractivity contribution is 0.177. The van der Waals surface area contributed by atoms with Crippen LogP contribution >= 0.6 is 0 Å². The Morgan fingerprint density at radius 3 is 2.91 bits per heavy atom. The predicted octanol–water partition coefficient (Wildman–Crippen LogP) is 0.923. The summed E-state index contributed by atoms with van der Waals surface area (Å²) >= 11 is 0. The van der Waals surface area contributed by atoms with Gasteiger partial charge in [-0.2, -0.15) is 0 Å². The number of rotatable bonds is 4. The van der Waals surface area contributed by atoms with Crippen LogP contribution < -0.4 is 5.32 Å². The van der Waals surface area contributed by atoms with Gasteiger partial charge in [-0.3, -0.25) is 0 Å². The zero-order valence-electron chi connectivity index (χ0n) is 6.92. The maximum Gasteiger partial charge on any atom is 0.0543 e. The third-order valence-electron chi connectivity index (χ3n) is 2.24. The van der Waals surface area contributed by atoms with Crippen molar-refractivity contribution >= 4 is 0 Å². The second kappa shape index (κ2) is 4.52. The minimum absolute atomic E-state index is 0.0365. The minimum atomic E-state index is -0.0365. The highest BCUT2D eigenvalue weighted by Crippen LogP contribution is 2.24. The number of hydrogen-bond acceptors (Lipinski definition) is 2. The largest absolute Gasteiger partial charge is 0.393 e. The maximum absolute atomic E-state index is 9.21. The molecule has 0 amide bonds. The molecule has 2 unspecified atom stereocenters. The van der Waals surface area contributed by atoms with Crippen LogP contribution in [0.15, 0.2) is 12.7 Å². The van der Waals surface area contributed by atoms with Crippen molar-refractivity contribution in [3.63, 3.8) is 0 Å². The number of aliphatic hydroxyl groups is 1. The van der Waals surface area contributed by atoms with Crippen molar-refractivity contribution in [2.24, 2.45) is 5.92 Å². The highest BCUT2D eigenvalue weighted by atomic mass is 16.3. The van der Waals surface area contributed by atoms with Gasteiger partial charge in [0.15, 0.2) is 0 Å². The van der Waals surface area contributed by atoms with Gasteiger partial charge in [0.05, 0.1) is 6.10 Å². The van der Waals surface area contributed by atoms with Crippen LogP contribution in [0.4, 0.5) is 0 Å². The van der Waals surface area contributed by atoms with Crippen LogP contribution in [0.5, 0.6) is 0 Å². The second-order valence-corrected chi connectivity index (χ2v) is 3.28. The van der Waals surface area contributed by atoms with E-state index in [1.54, 1.807) is 0 Å². The van der Waals surface area contributed by atoms with Gasteiger partial charge in [-0.1, -0.05) is 6.08 Å². The second-order valence-electron chi connectivity index (χ2n) is 3.28. The molecule has 2 N–H and O–H groups in total. The number of aliphatic hydroxyl groups excluding tert-OH is 1. The third kappa shape index (κ3) is 3.04. The van der Waals surface area contributed by atoms with E-state index in [4.69, 9.17) is 0 Å². The monoisotopic (exact) mass is 155 g/mol. The molecule has 64 valence electrons. The van der Waals surface area contributed by atoms with Gasteiger partial charge in [-0.05, 0) is 31.7 Å². The summed E-state index contributed by atoms with van der Waals surface area (Å²) in [6, 6.07) is 0. The summed E-state index contributed by atoms with van der Waals surface area (Å²) in [4.78, 5) is 0. The Kier molecular flexibility index (Phi) is 3.60. The van der Waals surface area contributed by atoms with E-state index in [9.17, 15) is 5.11 Å². The molecule has 0 aromatic carbocycles. The first kappa shape index (κ1) is 8.75. The fraction of sp³-hybridized carbons (Fsp3) is 0.778. The van der Waals surface area contributed by atoms with Crippen molar-refractivity contribution in [1.29, 1.82) is 0 Å². The van der Waals surface area contributed by atoms with Crippen molar-refractivity contribution < 1.29 is 5.11 Å². The molecular formula is C9H17NO. The van der Waals surface area contributed by atoms with Gasteiger partial charge in [0, 0.05) is 6.54 Å². The fourth-order valence-corrected chi connectivity index (χ4v) is 1.62. The molecule has 0 aliphatic heterocycles. The van der Waals surface area contributed by atoms with Gasteiger partial charge < -0.3 is 10.4 Å². The Labute approximate surface area is 68.3 Å². The summed E-state index contributed by atoms with van der Waals surface area (Å²) in [7, 11) is 0. The minimum Gasteiger partial charge on any atom is -0.393 e. The van der Waals surface area contributed by atoms with Crippen LogP contribution in [0.25, 0.3) is 0 Å². The first-order valence-electron chi connectivity index (χ1n) is 4.32. The molecule has 1 rings (SSSR count). The molecule has 0 spiro atoms. The van der Waals surface area contributed by atoms with E-state index >= 15 is 0 Å². The Morgan fingerprint density at radius 2 is 2.36 bits per heavy atom. The van der Waals surface area contributed by atoms with E-state index in [1.807, 2.05) is 6.08 Å². The smallest absolute Gasteiger partial charge is 0.0543 e. The summed E-state index contributed by atoms with van der Waals surface area (Å²) in [6.07, 6.45) is 4.96. The molecule has 11 heavy (non-hydrogen) atoms. The Bertz CT molecular complexity index is 125. The summed E-state index contributed by atoms with van der Waals surface area (Å²) in [6.45, 7) is 5.54. The first-order valence-corrected chi connectivity index (χ1v) is 4.32. The Balaban J connectivity index is 2.03. The molecule has 0 radical (unpaired) electrons. The zero-order chi connectivity index (χ0) is 8.10. The third-order valence-corrected chi connectivity index (χ3v) is 2.24. The normalized spacial score (nSPS) is 30.6. The lowest BCUT2D eigenvalue weighted by atomic mass is 10.1. The quantitative estimate of drug-likeness (QED) is 0.467. The predicted molar refractivity (Wildman–Crippen MR) is 46.4 cm³/mol. The van der Waals surface area contributed by atoms with Crippen LogP contribution in [0, 0.1) is 5.92 Å². The highest BCUT2D eigenvalue weighted by molar-refractivity contribution is 4.78. The SMILES string of the molecule is C=CCNCC1CCC(O)C1. The maximum atomic E-state index is 9.21. The number of hydrogen-bond donors (Lipinski definition) is 2. The molecule has 0 aromatic heterocycles. The van der Waals surface area contributed by atoms with Crippen molar-refractivity contribution in [1.82, 2.24) is 5.32 Å². The summed E-state index contributed by atoms with van der Waals surface area (Å²) in [5.41, 5.74) is 0. The van der Waals surface area contributed by atoms with Gasteiger partial charge in [0.1, 0.15) is 0 Å². The average molecular weight is 155 g/mol. The van der Waals surface area contributed by atoms with E-state index in [0.717, 1.165) is 25.9 Å². The molecule has 0 saturated heterocycles. The lowest BCUT2D eigenvalue weighted by Gasteiger charge is -2.08. The molecule has 1 aliphatic rings. The van der Waals surface area contributed by atoms with Crippen LogP contribution in [-0.2, 0) is 0 Å². The van der Waals surface area contributed by atoms with Gasteiger partial charge in [-0.15, -0.1) is 6.58 Å². The Hall–Kier alpha value is -0.340. The van der Waals surface area contributed by atoms with E-state index in [0.29, 0.717) is 5.92 Å². The molecule has 1 aliphatic carbocycles. The first-order chi connectivity index (χ1) is 5.33. The summed E-state index contributed by atoms with van der Waals surface area (Å²) in [5.74, 6) is 0.685. The van der Waals surface area contributed by atoms with Crippen LogP contribution in [-0.4, -0.2) is 24.3 Å². The van der Waals surface area contributed by atoms with Crippen LogP contribution in [0.1, 0.15) is 19.3 Å². The van der Waals surface area contributed by atoms with Gasteiger partial charge >= 0.3 is 0 Å². The molecule has 0 aromatic rings. The molecule has 2 nitrogen and oxygen atoms in total. The molecule has 2 atom stereocenters. The summed E-state index contributed by atoms with van der Waals surface area (Å²) < 4.78 is 0. The molecule has 2 heteroatoms. The standard InChI is InChI=1S/C9H17NO/c1-2-5-10-7-8-3-4-9(11)6-8/h2,8-11H,1,3-7H2. The number of nitrogens with one attached hydrogen (secondary N) is 1. The molecule has 1 fully saturated rings.